The molecule has 120 valence electrons. The van der Waals surface area contributed by atoms with Crippen molar-refractivity contribution in [2.45, 2.75) is 45.1 Å². The molecule has 0 bridgehead atoms. The molecule has 1 fully saturated rings. The number of carbonyl (C=O) groups is 1. The summed E-state index contributed by atoms with van der Waals surface area (Å²) in [4.78, 5) is 12.1. The molecule has 0 unspecified atom stereocenters. The first-order valence-corrected chi connectivity index (χ1v) is 8.04. The summed E-state index contributed by atoms with van der Waals surface area (Å²) < 4.78 is 5.66. The van der Waals surface area contributed by atoms with Gasteiger partial charge in [-0.3, -0.25) is 4.79 Å². The Bertz CT molecular complexity index is 508. The van der Waals surface area contributed by atoms with Crippen LogP contribution in [0, 0.1) is 0 Å². The van der Waals surface area contributed by atoms with Crippen molar-refractivity contribution in [3.63, 3.8) is 0 Å². The summed E-state index contributed by atoms with van der Waals surface area (Å²) in [7, 11) is 0. The molecule has 0 aromatic heterocycles. The van der Waals surface area contributed by atoms with E-state index in [0.717, 1.165) is 5.57 Å². The second-order valence-electron chi connectivity index (χ2n) is 6.01. The number of ether oxygens (including phenoxy) is 1. The number of carbonyl (C=O) groups excluding carboxylic acids is 1. The molecule has 4 nitrogen and oxygen atoms in total. The summed E-state index contributed by atoms with van der Waals surface area (Å²) in [6.07, 6.45) is 6.18. The monoisotopic (exact) mass is 302 g/mol. The molecule has 2 rings (SSSR count). The zero-order valence-corrected chi connectivity index (χ0v) is 13.4. The van der Waals surface area contributed by atoms with Gasteiger partial charge in [-0.05, 0) is 37.5 Å². The molecule has 1 aliphatic carbocycles. The molecule has 0 heterocycles. The fraction of sp³-hybridized carbons (Fsp3) is 0.500. The van der Waals surface area contributed by atoms with Crippen LogP contribution in [0.25, 0.3) is 0 Å². The Morgan fingerprint density at radius 1 is 1.27 bits per heavy atom. The van der Waals surface area contributed by atoms with Crippen LogP contribution in [-0.2, 0) is 4.79 Å². The van der Waals surface area contributed by atoms with Gasteiger partial charge in [-0.1, -0.05) is 38.0 Å². The maximum absolute atomic E-state index is 12.1. The van der Waals surface area contributed by atoms with Crippen molar-refractivity contribution in [3.05, 3.63) is 36.4 Å². The van der Waals surface area contributed by atoms with Crippen LogP contribution < -0.4 is 15.4 Å². The molecule has 0 radical (unpaired) electrons. The van der Waals surface area contributed by atoms with Crippen molar-refractivity contribution in [3.8, 4) is 5.75 Å². The summed E-state index contributed by atoms with van der Waals surface area (Å²) in [5.74, 6) is 0.647. The minimum atomic E-state index is -0.0306. The van der Waals surface area contributed by atoms with Gasteiger partial charge in [0.2, 0.25) is 5.91 Å². The lowest BCUT2D eigenvalue weighted by Crippen LogP contribution is -2.37. The molecule has 4 heteroatoms. The number of benzene rings is 1. The van der Waals surface area contributed by atoms with Gasteiger partial charge in [0.25, 0.3) is 0 Å². The van der Waals surface area contributed by atoms with E-state index in [9.17, 15) is 4.79 Å². The van der Waals surface area contributed by atoms with Gasteiger partial charge in [0, 0.05) is 6.04 Å². The molecule has 0 aliphatic heterocycles. The van der Waals surface area contributed by atoms with Crippen molar-refractivity contribution < 1.29 is 9.53 Å². The molecule has 0 saturated heterocycles. The largest absolute Gasteiger partial charge is 0.487 e. The Morgan fingerprint density at radius 3 is 2.73 bits per heavy atom. The van der Waals surface area contributed by atoms with Gasteiger partial charge in [-0.25, -0.2) is 0 Å². The minimum absolute atomic E-state index is 0.0306. The van der Waals surface area contributed by atoms with Crippen molar-refractivity contribution in [2.24, 2.45) is 0 Å². The first kappa shape index (κ1) is 16.6. The van der Waals surface area contributed by atoms with Gasteiger partial charge in [0.05, 0.1) is 12.2 Å². The van der Waals surface area contributed by atoms with Crippen molar-refractivity contribution >= 4 is 11.6 Å². The molecule has 1 saturated carbocycles. The molecule has 0 spiro atoms. The van der Waals surface area contributed by atoms with Gasteiger partial charge in [0.15, 0.2) is 0 Å². The highest BCUT2D eigenvalue weighted by Gasteiger charge is 2.14. The summed E-state index contributed by atoms with van der Waals surface area (Å²) in [6, 6.07) is 7.97. The van der Waals surface area contributed by atoms with E-state index in [2.05, 4.69) is 17.2 Å². The molecule has 1 amide bonds. The van der Waals surface area contributed by atoms with E-state index in [1.165, 1.54) is 32.1 Å². The van der Waals surface area contributed by atoms with Gasteiger partial charge in [0.1, 0.15) is 12.4 Å². The predicted octanol–water partition coefficient (Wildman–Crippen LogP) is 3.50. The van der Waals surface area contributed by atoms with Gasteiger partial charge < -0.3 is 15.4 Å². The quantitative estimate of drug-likeness (QED) is 0.758. The van der Waals surface area contributed by atoms with E-state index in [-0.39, 0.29) is 5.91 Å². The molecular weight excluding hydrogens is 276 g/mol. The lowest BCUT2D eigenvalue weighted by Gasteiger charge is -2.22. The third-order valence-electron chi connectivity index (χ3n) is 3.79. The van der Waals surface area contributed by atoms with Crippen LogP contribution in [0.1, 0.15) is 39.0 Å². The number of nitrogens with one attached hydrogen (secondary N) is 2. The maximum atomic E-state index is 12.1. The van der Waals surface area contributed by atoms with Crippen LogP contribution in [0.2, 0.25) is 0 Å². The first-order valence-electron chi connectivity index (χ1n) is 8.04. The van der Waals surface area contributed by atoms with Crippen LogP contribution in [0.4, 0.5) is 5.69 Å². The normalized spacial score (nSPS) is 15.3. The molecule has 1 aliphatic rings. The highest BCUT2D eigenvalue weighted by molar-refractivity contribution is 5.93. The van der Waals surface area contributed by atoms with E-state index in [1.807, 2.05) is 31.2 Å². The summed E-state index contributed by atoms with van der Waals surface area (Å²) >= 11 is 0. The highest BCUT2D eigenvalue weighted by atomic mass is 16.5. The minimum Gasteiger partial charge on any atom is -0.487 e. The van der Waals surface area contributed by atoms with Crippen molar-refractivity contribution in [2.75, 3.05) is 18.5 Å². The Hall–Kier alpha value is -1.81. The summed E-state index contributed by atoms with van der Waals surface area (Å²) in [5, 5.41) is 6.26. The highest BCUT2D eigenvalue weighted by Crippen LogP contribution is 2.24. The predicted molar refractivity (Wildman–Crippen MR) is 90.3 cm³/mol. The maximum Gasteiger partial charge on any atom is 0.238 e. The second kappa shape index (κ2) is 8.59. The number of rotatable bonds is 7. The number of para-hydroxylation sites is 2. The van der Waals surface area contributed by atoms with E-state index < -0.39 is 0 Å². The lowest BCUT2D eigenvalue weighted by atomic mass is 9.95. The molecule has 22 heavy (non-hydrogen) atoms. The third kappa shape index (κ3) is 5.53. The second-order valence-corrected chi connectivity index (χ2v) is 6.01. The molecule has 0 atom stereocenters. The topological polar surface area (TPSA) is 50.4 Å². The molecule has 2 N–H and O–H groups in total. The number of amides is 1. The van der Waals surface area contributed by atoms with Crippen LogP contribution >= 0.6 is 0 Å². The average Bonchev–Trinajstić information content (AvgIpc) is 2.53. The lowest BCUT2D eigenvalue weighted by molar-refractivity contribution is -0.115. The summed E-state index contributed by atoms with van der Waals surface area (Å²) in [6.45, 7) is 6.53. The standard InChI is InChI=1S/C18H26N2O2/c1-14(2)13-22-17-11-7-6-10-16(17)20-18(21)12-19-15-8-4-3-5-9-15/h6-7,10-11,15,19H,1,3-5,8-9,12-13H2,2H3,(H,20,21). The van der Waals surface area contributed by atoms with Crippen LogP contribution in [-0.4, -0.2) is 25.1 Å². The van der Waals surface area contributed by atoms with E-state index >= 15 is 0 Å². The zero-order valence-electron chi connectivity index (χ0n) is 13.4. The Kier molecular flexibility index (Phi) is 6.46. The third-order valence-corrected chi connectivity index (χ3v) is 3.79. The number of anilines is 1. The van der Waals surface area contributed by atoms with E-state index in [4.69, 9.17) is 4.74 Å². The summed E-state index contributed by atoms with van der Waals surface area (Å²) in [5.41, 5.74) is 1.65. The number of hydrogen-bond donors (Lipinski definition) is 2. The zero-order chi connectivity index (χ0) is 15.8. The Morgan fingerprint density at radius 2 is 2.00 bits per heavy atom. The van der Waals surface area contributed by atoms with E-state index in [0.29, 0.717) is 30.6 Å². The van der Waals surface area contributed by atoms with Crippen LogP contribution in [0.3, 0.4) is 0 Å². The van der Waals surface area contributed by atoms with Gasteiger partial charge in [-0.15, -0.1) is 0 Å². The van der Waals surface area contributed by atoms with Gasteiger partial charge >= 0.3 is 0 Å². The van der Waals surface area contributed by atoms with Crippen molar-refractivity contribution in [1.29, 1.82) is 0 Å². The SMILES string of the molecule is C=C(C)COc1ccccc1NC(=O)CNC1CCCCC1. The smallest absolute Gasteiger partial charge is 0.238 e. The first-order chi connectivity index (χ1) is 10.6. The van der Waals surface area contributed by atoms with Crippen molar-refractivity contribution in [1.82, 2.24) is 5.32 Å². The van der Waals surface area contributed by atoms with E-state index in [1.54, 1.807) is 0 Å². The van der Waals surface area contributed by atoms with Crippen LogP contribution in [0.15, 0.2) is 36.4 Å². The Labute approximate surface area is 132 Å². The molecule has 1 aromatic carbocycles. The molecule has 1 aromatic rings. The fourth-order valence-corrected chi connectivity index (χ4v) is 2.63. The Balaban J connectivity index is 1.83. The average molecular weight is 302 g/mol. The van der Waals surface area contributed by atoms with Gasteiger partial charge in [-0.2, -0.15) is 0 Å². The molecular formula is C18H26N2O2. The number of hydrogen-bond acceptors (Lipinski definition) is 3. The van der Waals surface area contributed by atoms with Crippen LogP contribution in [0.5, 0.6) is 5.75 Å². The fourth-order valence-electron chi connectivity index (χ4n) is 2.63.